The van der Waals surface area contributed by atoms with E-state index >= 15 is 0 Å². The molecule has 3 heterocycles. The molecule has 0 spiro atoms. The second kappa shape index (κ2) is 10.4. The molecule has 0 atom stereocenters. The van der Waals surface area contributed by atoms with Gasteiger partial charge in [-0.15, -0.1) is 0 Å². The largest absolute Gasteiger partial charge is 0.496 e. The van der Waals surface area contributed by atoms with E-state index in [2.05, 4.69) is 9.88 Å². The Bertz CT molecular complexity index is 1070. The molecule has 0 N–H and O–H groups in total. The number of pyridine rings is 1. The summed E-state index contributed by atoms with van der Waals surface area (Å²) in [6.07, 6.45) is 4.00. The number of benzene rings is 1. The van der Waals surface area contributed by atoms with Crippen LogP contribution in [0.4, 0.5) is 0 Å². The Hall–Kier alpha value is -2.20. The number of carbonyl (C=O) groups is 1. The lowest BCUT2D eigenvalue weighted by Crippen LogP contribution is -2.51. The predicted molar refractivity (Wildman–Crippen MR) is 126 cm³/mol. The van der Waals surface area contributed by atoms with Crippen LogP contribution in [-0.4, -0.2) is 79.8 Å². The van der Waals surface area contributed by atoms with Crippen molar-refractivity contribution in [1.82, 2.24) is 19.1 Å². The lowest BCUT2D eigenvalue weighted by Gasteiger charge is -2.38. The van der Waals surface area contributed by atoms with Crippen molar-refractivity contribution in [2.24, 2.45) is 5.92 Å². The number of halogens is 1. The molecule has 2 aliphatic rings. The molecular weight excluding hydrogens is 464 g/mol. The topological polar surface area (TPSA) is 83.0 Å². The average Bonchev–Trinajstić information content (AvgIpc) is 2.85. The molecule has 1 amide bonds. The maximum atomic E-state index is 13.1. The second-order valence-corrected chi connectivity index (χ2v) is 10.8. The average molecular weight is 493 g/mol. The van der Waals surface area contributed by atoms with Crippen LogP contribution in [0.3, 0.4) is 0 Å². The van der Waals surface area contributed by atoms with E-state index in [4.69, 9.17) is 16.3 Å². The summed E-state index contributed by atoms with van der Waals surface area (Å²) in [4.78, 5) is 21.4. The molecule has 2 fully saturated rings. The first-order valence-corrected chi connectivity index (χ1v) is 12.9. The molecule has 178 valence electrons. The molecule has 0 unspecified atom stereocenters. The summed E-state index contributed by atoms with van der Waals surface area (Å²) < 4.78 is 32.5. The molecule has 2 aromatic rings. The van der Waals surface area contributed by atoms with E-state index in [1.807, 2.05) is 23.1 Å². The van der Waals surface area contributed by atoms with Crippen molar-refractivity contribution in [1.29, 1.82) is 0 Å². The molecule has 1 aromatic heterocycles. The molecule has 1 aromatic carbocycles. The number of rotatable bonds is 6. The zero-order valence-electron chi connectivity index (χ0n) is 18.7. The van der Waals surface area contributed by atoms with Crippen molar-refractivity contribution in [2.75, 3.05) is 46.4 Å². The molecule has 4 rings (SSSR count). The summed E-state index contributed by atoms with van der Waals surface area (Å²) in [7, 11) is -1.91. The third-order valence-electron chi connectivity index (χ3n) is 6.40. The predicted octanol–water partition coefficient (Wildman–Crippen LogP) is 2.49. The van der Waals surface area contributed by atoms with E-state index in [9.17, 15) is 13.2 Å². The van der Waals surface area contributed by atoms with Gasteiger partial charge in [-0.3, -0.25) is 14.7 Å². The second-order valence-electron chi connectivity index (χ2n) is 8.42. The molecule has 0 radical (unpaired) electrons. The monoisotopic (exact) mass is 492 g/mol. The van der Waals surface area contributed by atoms with Crippen LogP contribution in [0.15, 0.2) is 47.6 Å². The van der Waals surface area contributed by atoms with Gasteiger partial charge in [0.05, 0.1) is 7.11 Å². The zero-order valence-corrected chi connectivity index (χ0v) is 20.3. The SMILES string of the molecule is COc1ccc(Cl)cc1CN1CCN(C(=O)C2CCN(S(=O)(=O)c3cccnc3)CC2)CC1. The van der Waals surface area contributed by atoms with Crippen LogP contribution in [0, 0.1) is 5.92 Å². The molecular formula is C23H29ClN4O4S. The van der Waals surface area contributed by atoms with Gasteiger partial charge in [0.15, 0.2) is 0 Å². The van der Waals surface area contributed by atoms with E-state index in [1.165, 1.54) is 10.5 Å². The summed E-state index contributed by atoms with van der Waals surface area (Å²) >= 11 is 6.14. The highest BCUT2D eigenvalue weighted by Crippen LogP contribution is 2.27. The Morgan fingerprint density at radius 3 is 2.48 bits per heavy atom. The van der Waals surface area contributed by atoms with Gasteiger partial charge in [-0.2, -0.15) is 4.31 Å². The third kappa shape index (κ3) is 5.48. The number of hydrogen-bond acceptors (Lipinski definition) is 6. The Morgan fingerprint density at radius 2 is 1.85 bits per heavy atom. The minimum atomic E-state index is -3.56. The third-order valence-corrected chi connectivity index (χ3v) is 8.51. The fourth-order valence-electron chi connectivity index (χ4n) is 4.49. The Balaban J connectivity index is 1.28. The fourth-order valence-corrected chi connectivity index (χ4v) is 6.12. The lowest BCUT2D eigenvalue weighted by atomic mass is 9.96. The first-order valence-electron chi connectivity index (χ1n) is 11.1. The summed E-state index contributed by atoms with van der Waals surface area (Å²) in [5.74, 6) is 0.809. The Labute approximate surface area is 200 Å². The first-order chi connectivity index (χ1) is 15.9. The van der Waals surface area contributed by atoms with Crippen LogP contribution >= 0.6 is 11.6 Å². The molecule has 2 saturated heterocycles. The van der Waals surface area contributed by atoms with Gasteiger partial charge in [0.1, 0.15) is 10.6 Å². The lowest BCUT2D eigenvalue weighted by molar-refractivity contribution is -0.138. The molecule has 0 bridgehead atoms. The van der Waals surface area contributed by atoms with Gasteiger partial charge in [-0.25, -0.2) is 8.42 Å². The number of carbonyl (C=O) groups excluding carboxylic acids is 1. The molecule has 0 aliphatic carbocycles. The Kier molecular flexibility index (Phi) is 7.53. The summed E-state index contributed by atoms with van der Waals surface area (Å²) in [6, 6.07) is 8.78. The van der Waals surface area contributed by atoms with Crippen molar-refractivity contribution >= 4 is 27.5 Å². The van der Waals surface area contributed by atoms with Crippen molar-refractivity contribution in [3.63, 3.8) is 0 Å². The van der Waals surface area contributed by atoms with Crippen molar-refractivity contribution in [2.45, 2.75) is 24.3 Å². The minimum Gasteiger partial charge on any atom is -0.496 e. The number of sulfonamides is 1. The Morgan fingerprint density at radius 1 is 1.12 bits per heavy atom. The number of methoxy groups -OCH3 is 1. The number of aromatic nitrogens is 1. The van der Waals surface area contributed by atoms with Crippen LogP contribution in [0.2, 0.25) is 5.02 Å². The van der Waals surface area contributed by atoms with E-state index in [0.717, 1.165) is 30.9 Å². The number of amides is 1. The summed E-state index contributed by atoms with van der Waals surface area (Å²) in [6.45, 7) is 4.29. The van der Waals surface area contributed by atoms with Crippen LogP contribution in [-0.2, 0) is 21.4 Å². The smallest absolute Gasteiger partial charge is 0.244 e. The van der Waals surface area contributed by atoms with Gasteiger partial charge in [0.25, 0.3) is 0 Å². The number of ether oxygens (including phenoxy) is 1. The van der Waals surface area contributed by atoms with Crippen LogP contribution < -0.4 is 4.74 Å². The van der Waals surface area contributed by atoms with Crippen LogP contribution in [0.5, 0.6) is 5.75 Å². The van der Waals surface area contributed by atoms with Gasteiger partial charge >= 0.3 is 0 Å². The normalized spacial score (nSPS) is 18.9. The quantitative estimate of drug-likeness (QED) is 0.616. The number of piperazine rings is 1. The molecule has 33 heavy (non-hydrogen) atoms. The van der Waals surface area contributed by atoms with E-state index in [0.29, 0.717) is 44.0 Å². The van der Waals surface area contributed by atoms with Crippen molar-refractivity contribution in [3.05, 3.63) is 53.3 Å². The van der Waals surface area contributed by atoms with Crippen LogP contribution in [0.1, 0.15) is 18.4 Å². The highest BCUT2D eigenvalue weighted by Gasteiger charge is 2.34. The molecule has 10 heteroatoms. The van der Waals surface area contributed by atoms with E-state index in [1.54, 1.807) is 25.4 Å². The highest BCUT2D eigenvalue weighted by atomic mass is 35.5. The fraction of sp³-hybridized carbons (Fsp3) is 0.478. The summed E-state index contributed by atoms with van der Waals surface area (Å²) in [5, 5.41) is 0.677. The van der Waals surface area contributed by atoms with E-state index in [-0.39, 0.29) is 16.7 Å². The number of hydrogen-bond donors (Lipinski definition) is 0. The zero-order chi connectivity index (χ0) is 23.4. The standard InChI is InChI=1S/C23H29ClN4O4S/c1-32-22-5-4-20(24)15-19(22)17-26-11-13-27(14-12-26)23(29)18-6-9-28(10-7-18)33(30,31)21-3-2-8-25-16-21/h2-5,8,15-16,18H,6-7,9-14,17H2,1H3. The maximum Gasteiger partial charge on any atom is 0.244 e. The highest BCUT2D eigenvalue weighted by molar-refractivity contribution is 7.89. The molecule has 8 nitrogen and oxygen atoms in total. The van der Waals surface area contributed by atoms with Gasteiger partial charge in [0.2, 0.25) is 15.9 Å². The van der Waals surface area contributed by atoms with E-state index < -0.39 is 10.0 Å². The maximum absolute atomic E-state index is 13.1. The minimum absolute atomic E-state index is 0.133. The number of nitrogens with zero attached hydrogens (tertiary/aromatic N) is 4. The molecule has 2 aliphatic heterocycles. The van der Waals surface area contributed by atoms with Gasteiger partial charge in [-0.1, -0.05) is 11.6 Å². The number of piperidine rings is 1. The van der Waals surface area contributed by atoms with Crippen molar-refractivity contribution in [3.8, 4) is 5.75 Å². The van der Waals surface area contributed by atoms with Crippen molar-refractivity contribution < 1.29 is 17.9 Å². The summed E-state index contributed by atoms with van der Waals surface area (Å²) in [5.41, 5.74) is 1.03. The van der Waals surface area contributed by atoms with Gasteiger partial charge < -0.3 is 9.64 Å². The molecule has 0 saturated carbocycles. The van der Waals surface area contributed by atoms with Gasteiger partial charge in [0, 0.05) is 74.7 Å². The first kappa shape index (κ1) is 23.9. The van der Waals surface area contributed by atoms with Crippen LogP contribution in [0.25, 0.3) is 0 Å². The van der Waals surface area contributed by atoms with Gasteiger partial charge in [-0.05, 0) is 43.2 Å².